The van der Waals surface area contributed by atoms with E-state index in [2.05, 4.69) is 28.4 Å². The van der Waals surface area contributed by atoms with Crippen LogP contribution in [0, 0.1) is 11.8 Å². The van der Waals surface area contributed by atoms with Gasteiger partial charge in [0, 0.05) is 37.3 Å². The fraction of sp³-hybridized carbons (Fsp3) is 0.800. The highest BCUT2D eigenvalue weighted by Crippen LogP contribution is 2.60. The molecular formula is C50H87N3O18P2. The van der Waals surface area contributed by atoms with Gasteiger partial charge >= 0.3 is 33.3 Å². The van der Waals surface area contributed by atoms with Crippen LogP contribution >= 0.6 is 15.6 Å². The second-order valence-corrected chi connectivity index (χ2v) is 22.4. The number of carbonyl (C=O) groups excluding carboxylic acids is 2. The molecule has 0 aromatic carbocycles. The van der Waals surface area contributed by atoms with Crippen molar-refractivity contribution in [2.75, 3.05) is 25.6 Å². The quantitative estimate of drug-likeness (QED) is 0.0216. The zero-order chi connectivity index (χ0) is 53.7. The number of phosphoric ester groups is 2. The number of nitrogen functional groups attached to an aromatic ring is 1. The van der Waals surface area contributed by atoms with Crippen LogP contribution in [0.2, 0.25) is 0 Å². The first-order valence-corrected chi connectivity index (χ1v) is 29.6. The summed E-state index contributed by atoms with van der Waals surface area (Å²) in [6, 6.07) is 1.26. The smallest absolute Gasteiger partial charge is 0.462 e. The van der Waals surface area contributed by atoms with E-state index in [0.717, 1.165) is 55.9 Å². The van der Waals surface area contributed by atoms with Gasteiger partial charge in [-0.2, -0.15) is 9.29 Å². The molecule has 2 unspecified atom stereocenters. The number of rotatable bonds is 24. The van der Waals surface area contributed by atoms with Gasteiger partial charge in [-0.3, -0.25) is 23.2 Å². The third-order valence-electron chi connectivity index (χ3n) is 13.1. The van der Waals surface area contributed by atoms with Crippen molar-refractivity contribution in [3.8, 4) is 0 Å². The van der Waals surface area contributed by atoms with E-state index >= 15 is 0 Å². The Labute approximate surface area is 431 Å². The van der Waals surface area contributed by atoms with Gasteiger partial charge in [0.1, 0.15) is 30.9 Å². The zero-order valence-electron chi connectivity index (χ0n) is 43.0. The molecule has 9 N–H and O–H groups in total. The third-order valence-corrected chi connectivity index (χ3v) is 15.7. The Balaban J connectivity index is 1.76. The summed E-state index contributed by atoms with van der Waals surface area (Å²) in [5.41, 5.74) is 4.81. The highest BCUT2D eigenvalue weighted by molar-refractivity contribution is 7.61. The van der Waals surface area contributed by atoms with Gasteiger partial charge in [-0.15, -0.1) is 0 Å². The molecule has 420 valence electrons. The van der Waals surface area contributed by atoms with Crippen LogP contribution in [-0.2, 0) is 46.3 Å². The number of carbonyl (C=O) groups is 2. The number of anilines is 1. The fourth-order valence-corrected chi connectivity index (χ4v) is 11.0. The van der Waals surface area contributed by atoms with Gasteiger partial charge in [0.2, 0.25) is 0 Å². The number of aliphatic hydroxyl groups is 5. The molecule has 2 saturated heterocycles. The first kappa shape index (κ1) is 64.4. The molecule has 21 nitrogen and oxygen atoms in total. The molecule has 3 heterocycles. The van der Waals surface area contributed by atoms with Crippen LogP contribution < -0.4 is 11.4 Å². The summed E-state index contributed by atoms with van der Waals surface area (Å²) in [6.07, 6.45) is 13.4. The topological polar surface area (TPSA) is 326 Å². The molecule has 1 aromatic rings. The maximum absolute atomic E-state index is 13.4. The van der Waals surface area contributed by atoms with Gasteiger partial charge in [0.15, 0.2) is 6.10 Å². The summed E-state index contributed by atoms with van der Waals surface area (Å²) in [4.78, 5) is 64.2. The number of aromatic nitrogens is 2. The van der Waals surface area contributed by atoms with Crippen molar-refractivity contribution >= 4 is 33.4 Å². The van der Waals surface area contributed by atoms with E-state index in [1.165, 1.54) is 62.9 Å². The van der Waals surface area contributed by atoms with Crippen LogP contribution in [0.15, 0.2) is 41.4 Å². The zero-order valence-corrected chi connectivity index (χ0v) is 44.8. The Morgan fingerprint density at radius 2 is 1.45 bits per heavy atom. The number of aliphatic hydroxyl groups excluding tert-OH is 5. The third kappa shape index (κ3) is 26.2. The number of fused-ring (bicyclic) bond motifs is 3. The lowest BCUT2D eigenvalue weighted by atomic mass is 9.82. The number of hydrogen-bond acceptors (Lipinski definition) is 18. The van der Waals surface area contributed by atoms with E-state index in [-0.39, 0.29) is 25.1 Å². The number of nitrogens with zero attached hydrogens (tertiary/aromatic N) is 2. The van der Waals surface area contributed by atoms with Crippen LogP contribution in [0.1, 0.15) is 181 Å². The molecule has 2 aliphatic rings. The maximum Gasteiger partial charge on any atom is 0.481 e. The van der Waals surface area contributed by atoms with E-state index in [4.69, 9.17) is 29.0 Å². The second-order valence-electron chi connectivity index (χ2n) is 19.3. The SMILES string of the molecule is CCCCCCCC/C=C\CCCCCCCC(=O)OC[C@@H]1COP(=O)(O)OP(=O)(O)OC[C@H]2O[C@@H](n3ccc(N)nc3=O)[C@@H](CCCCCCC(=O)O1)[C@@H](O)C[C@@H](O)[C@H](/C=C\[C@@H](O)CCCCC)[C@H](O)[C@@H]2O. The Bertz CT molecular complexity index is 1940. The minimum absolute atomic E-state index is 0.0786. The molecule has 12 atom stereocenters. The second kappa shape index (κ2) is 35.4. The van der Waals surface area contributed by atoms with Crippen molar-refractivity contribution in [1.29, 1.82) is 0 Å². The van der Waals surface area contributed by atoms with E-state index in [1.54, 1.807) is 0 Å². The van der Waals surface area contributed by atoms with Crippen molar-refractivity contribution in [1.82, 2.24) is 9.55 Å². The summed E-state index contributed by atoms with van der Waals surface area (Å²) in [6.45, 7) is 1.54. The summed E-state index contributed by atoms with van der Waals surface area (Å²) in [7, 11) is -11.3. The van der Waals surface area contributed by atoms with E-state index in [1.807, 2.05) is 6.92 Å². The molecule has 0 aliphatic carbocycles. The Kier molecular flexibility index (Phi) is 31.3. The van der Waals surface area contributed by atoms with Crippen molar-refractivity contribution in [3.63, 3.8) is 0 Å². The Morgan fingerprint density at radius 1 is 0.836 bits per heavy atom. The molecule has 0 amide bonds. The van der Waals surface area contributed by atoms with Gasteiger partial charge in [0.05, 0.1) is 37.6 Å². The number of allylic oxidation sites excluding steroid dienone is 2. The molecular weight excluding hydrogens is 993 g/mol. The number of esters is 2. The van der Waals surface area contributed by atoms with Gasteiger partial charge in [-0.05, 0) is 57.4 Å². The van der Waals surface area contributed by atoms with E-state index in [9.17, 15) is 58.8 Å². The number of hydrogen-bond donors (Lipinski definition) is 8. The molecule has 2 fully saturated rings. The minimum Gasteiger partial charge on any atom is -0.462 e. The summed E-state index contributed by atoms with van der Waals surface area (Å²) >= 11 is 0. The summed E-state index contributed by atoms with van der Waals surface area (Å²) < 4.78 is 59.1. The van der Waals surface area contributed by atoms with Gasteiger partial charge < -0.3 is 55.3 Å². The van der Waals surface area contributed by atoms with Gasteiger partial charge in [-0.1, -0.05) is 128 Å². The Morgan fingerprint density at radius 3 is 2.12 bits per heavy atom. The van der Waals surface area contributed by atoms with Crippen LogP contribution in [0.25, 0.3) is 0 Å². The number of nitrogens with two attached hydrogens (primary N) is 1. The lowest BCUT2D eigenvalue weighted by molar-refractivity contribution is -0.195. The lowest BCUT2D eigenvalue weighted by Gasteiger charge is -2.41. The first-order chi connectivity index (χ1) is 34.9. The van der Waals surface area contributed by atoms with Gasteiger partial charge in [0.25, 0.3) is 0 Å². The molecule has 0 radical (unpaired) electrons. The predicted octanol–water partition coefficient (Wildman–Crippen LogP) is 7.38. The normalized spacial score (nSPS) is 30.3. The number of ether oxygens (including phenoxy) is 3. The number of cyclic esters (lactones) is 1. The molecule has 1 aromatic heterocycles. The van der Waals surface area contributed by atoms with Crippen LogP contribution in [0.4, 0.5) is 5.82 Å². The molecule has 3 rings (SSSR count). The van der Waals surface area contributed by atoms with Crippen molar-refractivity contribution in [2.24, 2.45) is 11.8 Å². The minimum atomic E-state index is -5.69. The molecule has 0 spiro atoms. The molecule has 2 aliphatic heterocycles. The average Bonchev–Trinajstić information content (AvgIpc) is 3.33. The van der Waals surface area contributed by atoms with E-state index < -0.39 is 120 Å². The predicted molar refractivity (Wildman–Crippen MR) is 272 cm³/mol. The Hall–Kier alpha value is -2.88. The highest BCUT2D eigenvalue weighted by atomic mass is 31.3. The highest BCUT2D eigenvalue weighted by Gasteiger charge is 2.45. The maximum atomic E-state index is 13.4. The van der Waals surface area contributed by atoms with Crippen LogP contribution in [0.3, 0.4) is 0 Å². The first-order valence-electron chi connectivity index (χ1n) is 26.6. The largest absolute Gasteiger partial charge is 0.481 e. The molecule has 2 bridgehead atoms. The number of phosphoric acid groups is 2. The van der Waals surface area contributed by atoms with E-state index in [0.29, 0.717) is 44.9 Å². The van der Waals surface area contributed by atoms with Gasteiger partial charge in [-0.25, -0.2) is 13.9 Å². The van der Waals surface area contributed by atoms with Crippen molar-refractivity contribution in [3.05, 3.63) is 47.1 Å². The monoisotopic (exact) mass is 1080 g/mol. The summed E-state index contributed by atoms with van der Waals surface area (Å²) in [5, 5.41) is 57.5. The average molecular weight is 1080 g/mol. The molecule has 0 saturated carbocycles. The fourth-order valence-electron chi connectivity index (χ4n) is 8.85. The molecule has 23 heteroatoms. The standard InChI is InChI=1S/C50H87N3O18P2/c1-3-5-7-8-9-10-11-12-13-14-15-16-17-18-23-27-45(57)66-34-38-35-67-72(62,63)71-73(64,65)68-36-43-48(60)47(59)39(30-29-37(54)25-21-6-4-2)41(55)33-42(56)40(26-22-19-20-24-28-46(58)69-38)49(70-43)53-32-31-44(51)52-50(53)61/h12-13,29-32,37-43,47-49,54-56,59-60H,3-11,14-28,33-36H2,1-2H3,(H,62,63)(H,64,65)(H2,51,52,61)/b13-12-,30-29-/t37-,38+,39-,40-,41+,42-,43+,47-,48+,49+/m0/s1. The lowest BCUT2D eigenvalue weighted by Crippen LogP contribution is -2.52. The van der Waals surface area contributed by atoms with Crippen molar-refractivity contribution < 1.29 is 81.6 Å². The summed E-state index contributed by atoms with van der Waals surface area (Å²) in [5.74, 6) is -3.98. The number of unbranched alkanes of at least 4 members (excludes halogenated alkanes) is 13. The van der Waals surface area contributed by atoms with Crippen LogP contribution in [0.5, 0.6) is 0 Å². The van der Waals surface area contributed by atoms with Crippen molar-refractivity contribution in [2.45, 2.75) is 223 Å². The van der Waals surface area contributed by atoms with Crippen LogP contribution in [-0.4, -0.2) is 119 Å². The molecule has 73 heavy (non-hydrogen) atoms.